The molecule has 3 nitrogen and oxygen atoms in total. The topological polar surface area (TPSA) is 28.2 Å². The highest BCUT2D eigenvalue weighted by Crippen LogP contribution is 2.36. The molecule has 0 unspecified atom stereocenters. The molecule has 1 aliphatic rings. The highest BCUT2D eigenvalue weighted by atomic mass is 15.2. The lowest BCUT2D eigenvalue weighted by Crippen LogP contribution is -2.54. The lowest BCUT2D eigenvalue weighted by Gasteiger charge is -2.47. The van der Waals surface area contributed by atoms with Gasteiger partial charge in [0.2, 0.25) is 0 Å². The summed E-state index contributed by atoms with van der Waals surface area (Å²) >= 11 is 0. The van der Waals surface area contributed by atoms with Gasteiger partial charge in [-0.15, -0.1) is 0 Å². The van der Waals surface area contributed by atoms with E-state index in [1.807, 2.05) is 6.20 Å². The number of nitrogens with one attached hydrogen (secondary N) is 1. The van der Waals surface area contributed by atoms with Crippen LogP contribution in [0, 0.1) is 0 Å². The maximum Gasteiger partial charge on any atom is 0.133 e. The van der Waals surface area contributed by atoms with Crippen molar-refractivity contribution in [1.29, 1.82) is 0 Å². The number of nitrogens with zero attached hydrogens (tertiary/aromatic N) is 2. The van der Waals surface area contributed by atoms with Crippen molar-refractivity contribution < 1.29 is 0 Å². The molecule has 0 atom stereocenters. The lowest BCUT2D eigenvalue weighted by molar-refractivity contribution is 0.0738. The van der Waals surface area contributed by atoms with Crippen LogP contribution in [0.5, 0.6) is 0 Å². The van der Waals surface area contributed by atoms with Gasteiger partial charge in [0.25, 0.3) is 0 Å². The van der Waals surface area contributed by atoms with Crippen LogP contribution >= 0.6 is 0 Å². The average Bonchev–Trinajstić information content (AvgIpc) is 2.37. The standard InChI is InChI=1S/C16H21N3/c1-19(2)16(9-5-10-16)12-18-15-14-7-4-3-6-13(14)8-11-17-15/h3-4,6-8,11H,5,9-10,12H2,1-2H3,(H,17,18). The normalized spacial score (nSPS) is 17.4. The van der Waals surface area contributed by atoms with Crippen molar-refractivity contribution in [3.05, 3.63) is 36.5 Å². The summed E-state index contributed by atoms with van der Waals surface area (Å²) in [5.74, 6) is 1.01. The van der Waals surface area contributed by atoms with Crippen LogP contribution in [0.25, 0.3) is 10.8 Å². The van der Waals surface area contributed by atoms with Crippen molar-refractivity contribution in [2.45, 2.75) is 24.8 Å². The van der Waals surface area contributed by atoms with Gasteiger partial charge in [-0.05, 0) is 44.8 Å². The Bertz CT molecular complexity index is 568. The second-order valence-electron chi connectivity index (χ2n) is 5.71. The van der Waals surface area contributed by atoms with Crippen molar-refractivity contribution in [1.82, 2.24) is 9.88 Å². The fraction of sp³-hybridized carbons (Fsp3) is 0.438. The lowest BCUT2D eigenvalue weighted by atomic mass is 9.75. The van der Waals surface area contributed by atoms with E-state index in [2.05, 4.69) is 59.6 Å². The fourth-order valence-corrected chi connectivity index (χ4v) is 2.88. The van der Waals surface area contributed by atoms with Crippen LogP contribution < -0.4 is 5.32 Å². The maximum absolute atomic E-state index is 4.50. The van der Waals surface area contributed by atoms with Crippen molar-refractivity contribution in [2.75, 3.05) is 26.0 Å². The Balaban J connectivity index is 1.82. The summed E-state index contributed by atoms with van der Waals surface area (Å²) in [5, 5.41) is 6.01. The number of aromatic nitrogens is 1. The first-order chi connectivity index (χ1) is 9.21. The summed E-state index contributed by atoms with van der Waals surface area (Å²) in [6.45, 7) is 0.973. The highest BCUT2D eigenvalue weighted by Gasteiger charge is 2.38. The van der Waals surface area contributed by atoms with Crippen LogP contribution in [0.1, 0.15) is 19.3 Å². The Hall–Kier alpha value is -1.61. The Kier molecular flexibility index (Phi) is 3.15. The zero-order chi connectivity index (χ0) is 13.3. The average molecular weight is 255 g/mol. The van der Waals surface area contributed by atoms with E-state index in [4.69, 9.17) is 0 Å². The van der Waals surface area contributed by atoms with Crippen molar-refractivity contribution >= 4 is 16.6 Å². The molecule has 1 N–H and O–H groups in total. The first kappa shape index (κ1) is 12.4. The minimum Gasteiger partial charge on any atom is -0.368 e. The van der Waals surface area contributed by atoms with Gasteiger partial charge in [-0.3, -0.25) is 0 Å². The van der Waals surface area contributed by atoms with E-state index in [-0.39, 0.29) is 0 Å². The third kappa shape index (κ3) is 2.19. The summed E-state index contributed by atoms with van der Waals surface area (Å²) in [7, 11) is 4.36. The van der Waals surface area contributed by atoms with Gasteiger partial charge < -0.3 is 10.2 Å². The molecule has 0 spiro atoms. The monoisotopic (exact) mass is 255 g/mol. The van der Waals surface area contributed by atoms with Gasteiger partial charge in [0.1, 0.15) is 5.82 Å². The van der Waals surface area contributed by atoms with Gasteiger partial charge in [-0.2, -0.15) is 0 Å². The number of likely N-dealkylation sites (N-methyl/N-ethyl adjacent to an activating group) is 1. The number of anilines is 1. The summed E-state index contributed by atoms with van der Waals surface area (Å²) in [4.78, 5) is 6.85. The second-order valence-corrected chi connectivity index (χ2v) is 5.71. The van der Waals surface area contributed by atoms with Crippen LogP contribution in [-0.2, 0) is 0 Å². The number of fused-ring (bicyclic) bond motifs is 1. The van der Waals surface area contributed by atoms with E-state index < -0.39 is 0 Å². The first-order valence-corrected chi connectivity index (χ1v) is 6.96. The molecule has 1 heterocycles. The number of rotatable bonds is 4. The predicted molar refractivity (Wildman–Crippen MR) is 80.5 cm³/mol. The molecule has 19 heavy (non-hydrogen) atoms. The zero-order valence-electron chi connectivity index (χ0n) is 11.7. The molecular weight excluding hydrogens is 234 g/mol. The quantitative estimate of drug-likeness (QED) is 0.909. The highest BCUT2D eigenvalue weighted by molar-refractivity contribution is 5.91. The summed E-state index contributed by atoms with van der Waals surface area (Å²) in [6, 6.07) is 10.5. The van der Waals surface area contributed by atoms with Gasteiger partial charge in [0, 0.05) is 23.7 Å². The zero-order valence-corrected chi connectivity index (χ0v) is 11.7. The van der Waals surface area contributed by atoms with E-state index in [1.54, 1.807) is 0 Å². The summed E-state index contributed by atoms with van der Waals surface area (Å²) in [5.41, 5.74) is 0.318. The maximum atomic E-state index is 4.50. The van der Waals surface area contributed by atoms with Gasteiger partial charge in [-0.25, -0.2) is 4.98 Å². The van der Waals surface area contributed by atoms with Crippen molar-refractivity contribution in [3.8, 4) is 0 Å². The molecular formula is C16H21N3. The number of pyridine rings is 1. The third-order valence-corrected chi connectivity index (χ3v) is 4.49. The van der Waals surface area contributed by atoms with Gasteiger partial charge >= 0.3 is 0 Å². The number of benzene rings is 1. The molecule has 1 saturated carbocycles. The minimum atomic E-state index is 0.318. The second kappa shape index (κ2) is 4.82. The minimum absolute atomic E-state index is 0.318. The van der Waals surface area contributed by atoms with Crippen molar-refractivity contribution in [2.24, 2.45) is 0 Å². The summed E-state index contributed by atoms with van der Waals surface area (Å²) in [6.07, 6.45) is 5.77. The first-order valence-electron chi connectivity index (χ1n) is 6.96. The largest absolute Gasteiger partial charge is 0.368 e. The molecule has 3 rings (SSSR count). The van der Waals surface area contributed by atoms with Crippen LogP contribution in [0.2, 0.25) is 0 Å². The molecule has 0 aliphatic heterocycles. The molecule has 1 fully saturated rings. The molecule has 3 heteroatoms. The molecule has 2 aromatic rings. The van der Waals surface area contributed by atoms with Crippen LogP contribution in [0.3, 0.4) is 0 Å². The molecule has 1 aromatic carbocycles. The van der Waals surface area contributed by atoms with E-state index in [1.165, 1.54) is 30.0 Å². The number of hydrogen-bond acceptors (Lipinski definition) is 3. The molecule has 1 aliphatic carbocycles. The van der Waals surface area contributed by atoms with Crippen LogP contribution in [0.15, 0.2) is 36.5 Å². The molecule has 1 aromatic heterocycles. The SMILES string of the molecule is CN(C)C1(CNc2nccc3ccccc23)CCC1. The fourth-order valence-electron chi connectivity index (χ4n) is 2.88. The predicted octanol–water partition coefficient (Wildman–Crippen LogP) is 3.13. The summed E-state index contributed by atoms with van der Waals surface area (Å²) < 4.78 is 0. The molecule has 100 valence electrons. The smallest absolute Gasteiger partial charge is 0.133 e. The van der Waals surface area contributed by atoms with Crippen LogP contribution in [0.4, 0.5) is 5.82 Å². The van der Waals surface area contributed by atoms with E-state index in [0.717, 1.165) is 12.4 Å². The van der Waals surface area contributed by atoms with Gasteiger partial charge in [0.05, 0.1) is 0 Å². The third-order valence-electron chi connectivity index (χ3n) is 4.49. The number of hydrogen-bond donors (Lipinski definition) is 1. The van der Waals surface area contributed by atoms with Crippen molar-refractivity contribution in [3.63, 3.8) is 0 Å². The van der Waals surface area contributed by atoms with E-state index in [0.29, 0.717) is 5.54 Å². The Labute approximate surface area is 114 Å². The molecule has 0 amide bonds. The van der Waals surface area contributed by atoms with Gasteiger partial charge in [0.15, 0.2) is 0 Å². The van der Waals surface area contributed by atoms with E-state index in [9.17, 15) is 0 Å². The Morgan fingerprint density at radius 2 is 2.00 bits per heavy atom. The Morgan fingerprint density at radius 3 is 2.68 bits per heavy atom. The Morgan fingerprint density at radius 1 is 1.21 bits per heavy atom. The molecule has 0 bridgehead atoms. The van der Waals surface area contributed by atoms with Crippen LogP contribution in [-0.4, -0.2) is 36.1 Å². The van der Waals surface area contributed by atoms with E-state index >= 15 is 0 Å². The van der Waals surface area contributed by atoms with Gasteiger partial charge in [-0.1, -0.05) is 24.3 Å². The molecule has 0 saturated heterocycles. The molecule has 0 radical (unpaired) electrons.